The molecule has 2 amide bonds. The molecule has 1 aliphatic rings. The van der Waals surface area contributed by atoms with Crippen molar-refractivity contribution in [1.82, 2.24) is 10.2 Å². The van der Waals surface area contributed by atoms with Gasteiger partial charge in [-0.05, 0) is 83.4 Å². The summed E-state index contributed by atoms with van der Waals surface area (Å²) >= 11 is 0. The number of nitrogens with one attached hydrogen (secondary N) is 1. The summed E-state index contributed by atoms with van der Waals surface area (Å²) in [5.74, 6) is -0.630. The number of likely N-dealkylation sites (N-methyl/N-ethyl adjacent to an activating group) is 1. The van der Waals surface area contributed by atoms with Crippen LogP contribution in [-0.4, -0.2) is 78.1 Å². The molecule has 11 nitrogen and oxygen atoms in total. The minimum absolute atomic E-state index is 0.00255. The first-order valence-electron chi connectivity index (χ1n) is 16.7. The van der Waals surface area contributed by atoms with Crippen LogP contribution in [0.4, 0.5) is 4.79 Å². The van der Waals surface area contributed by atoms with Crippen LogP contribution in [0.5, 0.6) is 11.5 Å². The number of carbonyl (C=O) groups is 3. The van der Waals surface area contributed by atoms with Gasteiger partial charge in [-0.25, -0.2) is 9.59 Å². The predicted molar refractivity (Wildman–Crippen MR) is 190 cm³/mol. The van der Waals surface area contributed by atoms with E-state index in [1.807, 2.05) is 64.1 Å². The number of amides is 2. The Balaban J connectivity index is 1.65. The van der Waals surface area contributed by atoms with Gasteiger partial charge in [-0.1, -0.05) is 54.6 Å². The molecule has 0 bridgehead atoms. The third-order valence-electron chi connectivity index (χ3n) is 8.88. The topological polar surface area (TPSA) is 133 Å². The highest BCUT2D eigenvalue weighted by atomic mass is 16.7. The number of methoxy groups -OCH3 is 1. The molecule has 1 fully saturated rings. The maximum absolute atomic E-state index is 14.1. The van der Waals surface area contributed by atoms with Crippen LogP contribution in [-0.2, 0) is 47.8 Å². The van der Waals surface area contributed by atoms with Crippen molar-refractivity contribution in [3.63, 3.8) is 0 Å². The Kier molecular flexibility index (Phi) is 11.9. The Morgan fingerprint density at radius 3 is 2.06 bits per heavy atom. The number of ether oxygens (including phenoxy) is 3. The molecular weight excluding hydrogens is 639 g/mol. The zero-order valence-electron chi connectivity index (χ0n) is 30.4. The maximum Gasteiger partial charge on any atom is 0.498 e. The molecule has 1 saturated heterocycles. The first kappa shape index (κ1) is 38.3. The summed E-state index contributed by atoms with van der Waals surface area (Å²) in [6, 6.07) is 18.8. The monoisotopic (exact) mass is 688 g/mol. The Labute approximate surface area is 295 Å². The zero-order chi connectivity index (χ0) is 36.9. The molecule has 268 valence electrons. The van der Waals surface area contributed by atoms with Gasteiger partial charge in [0, 0.05) is 25.4 Å². The summed E-state index contributed by atoms with van der Waals surface area (Å²) in [6.07, 6.45) is -0.568. The van der Waals surface area contributed by atoms with Gasteiger partial charge >= 0.3 is 19.2 Å². The predicted octanol–water partition coefficient (Wildman–Crippen LogP) is 4.95. The SMILES string of the molecule is COc1ccc(CC(NC(=O)C(Cc2ccc(O)cc2)N(C)C(=O)OC(C)(C)C)C(=O)OCc2ccccc2)cc1B1OC(C)(C)C(C)(C)O1. The van der Waals surface area contributed by atoms with Crippen LogP contribution in [0.2, 0.25) is 0 Å². The second-order valence-corrected chi connectivity index (χ2v) is 14.5. The number of benzene rings is 3. The molecule has 2 atom stereocenters. The van der Waals surface area contributed by atoms with Crippen molar-refractivity contribution in [2.75, 3.05) is 14.2 Å². The molecule has 3 aromatic carbocycles. The van der Waals surface area contributed by atoms with Crippen LogP contribution in [0.3, 0.4) is 0 Å². The molecule has 50 heavy (non-hydrogen) atoms. The number of esters is 1. The van der Waals surface area contributed by atoms with E-state index in [1.54, 1.807) is 52.1 Å². The highest BCUT2D eigenvalue weighted by Crippen LogP contribution is 2.37. The maximum atomic E-state index is 14.1. The van der Waals surface area contributed by atoms with E-state index in [2.05, 4.69) is 5.32 Å². The summed E-state index contributed by atoms with van der Waals surface area (Å²) in [4.78, 5) is 42.3. The highest BCUT2D eigenvalue weighted by Gasteiger charge is 2.52. The first-order valence-corrected chi connectivity index (χ1v) is 16.7. The Morgan fingerprint density at radius 2 is 1.48 bits per heavy atom. The van der Waals surface area contributed by atoms with E-state index >= 15 is 0 Å². The molecule has 0 aliphatic carbocycles. The van der Waals surface area contributed by atoms with Crippen molar-refractivity contribution < 1.29 is 43.0 Å². The summed E-state index contributed by atoms with van der Waals surface area (Å²) in [6.45, 7) is 13.0. The molecule has 4 rings (SSSR count). The fourth-order valence-corrected chi connectivity index (χ4v) is 5.31. The lowest BCUT2D eigenvalue weighted by Crippen LogP contribution is -2.54. The van der Waals surface area contributed by atoms with Crippen LogP contribution >= 0.6 is 0 Å². The number of phenolic OH excluding ortho intramolecular Hbond substituents is 1. The number of hydrogen-bond acceptors (Lipinski definition) is 9. The fourth-order valence-electron chi connectivity index (χ4n) is 5.31. The van der Waals surface area contributed by atoms with Gasteiger partial charge in [0.15, 0.2) is 0 Å². The summed E-state index contributed by atoms with van der Waals surface area (Å²) in [5, 5.41) is 12.7. The van der Waals surface area contributed by atoms with Gasteiger partial charge < -0.3 is 33.9 Å². The first-order chi connectivity index (χ1) is 23.4. The van der Waals surface area contributed by atoms with Crippen LogP contribution in [0, 0.1) is 0 Å². The van der Waals surface area contributed by atoms with Crippen molar-refractivity contribution >= 4 is 30.6 Å². The van der Waals surface area contributed by atoms with Crippen molar-refractivity contribution in [2.45, 2.75) is 96.8 Å². The van der Waals surface area contributed by atoms with Gasteiger partial charge in [-0.3, -0.25) is 9.69 Å². The van der Waals surface area contributed by atoms with Gasteiger partial charge in [0.2, 0.25) is 5.91 Å². The van der Waals surface area contributed by atoms with Crippen LogP contribution < -0.4 is 15.5 Å². The minimum atomic E-state index is -1.14. The van der Waals surface area contributed by atoms with Gasteiger partial charge in [0.1, 0.15) is 35.8 Å². The van der Waals surface area contributed by atoms with E-state index in [-0.39, 0.29) is 25.2 Å². The summed E-state index contributed by atoms with van der Waals surface area (Å²) < 4.78 is 29.5. The average molecular weight is 689 g/mol. The molecular formula is C38H49BN2O9. The Hall–Kier alpha value is -4.55. The lowest BCUT2D eigenvalue weighted by Gasteiger charge is -2.32. The largest absolute Gasteiger partial charge is 0.508 e. The van der Waals surface area contributed by atoms with Crippen molar-refractivity contribution in [2.24, 2.45) is 0 Å². The van der Waals surface area contributed by atoms with E-state index in [1.165, 1.54) is 24.1 Å². The van der Waals surface area contributed by atoms with Gasteiger partial charge in [-0.15, -0.1) is 0 Å². The Morgan fingerprint density at radius 1 is 0.880 bits per heavy atom. The number of rotatable bonds is 12. The summed E-state index contributed by atoms with van der Waals surface area (Å²) in [5.41, 5.74) is 0.802. The Bertz CT molecular complexity index is 1620. The minimum Gasteiger partial charge on any atom is -0.508 e. The van der Waals surface area contributed by atoms with E-state index < -0.39 is 54.0 Å². The van der Waals surface area contributed by atoms with E-state index in [9.17, 15) is 19.5 Å². The molecule has 1 aliphatic heterocycles. The highest BCUT2D eigenvalue weighted by molar-refractivity contribution is 6.63. The summed E-state index contributed by atoms with van der Waals surface area (Å²) in [7, 11) is 2.30. The number of hydrogen-bond donors (Lipinski definition) is 2. The molecule has 12 heteroatoms. The molecule has 2 N–H and O–H groups in total. The van der Waals surface area contributed by atoms with E-state index in [0.717, 1.165) is 5.56 Å². The molecule has 2 unspecified atom stereocenters. The number of phenols is 1. The van der Waals surface area contributed by atoms with Crippen molar-refractivity contribution in [3.05, 3.63) is 89.5 Å². The number of carbonyl (C=O) groups excluding carboxylic acids is 3. The molecule has 0 spiro atoms. The molecule has 3 aromatic rings. The molecule has 0 saturated carbocycles. The fraction of sp³-hybridized carbons (Fsp3) is 0.447. The van der Waals surface area contributed by atoms with Crippen LogP contribution in [0.1, 0.15) is 65.2 Å². The second kappa shape index (κ2) is 15.6. The third-order valence-corrected chi connectivity index (χ3v) is 8.88. The average Bonchev–Trinajstić information content (AvgIpc) is 3.28. The lowest BCUT2D eigenvalue weighted by molar-refractivity contribution is -0.149. The van der Waals surface area contributed by atoms with Gasteiger partial charge in [0.25, 0.3) is 0 Å². The number of aromatic hydroxyl groups is 1. The van der Waals surface area contributed by atoms with Gasteiger partial charge in [-0.2, -0.15) is 0 Å². The van der Waals surface area contributed by atoms with Crippen molar-refractivity contribution in [1.29, 1.82) is 0 Å². The third kappa shape index (κ3) is 9.79. The molecule has 1 heterocycles. The molecule has 0 radical (unpaired) electrons. The molecule has 0 aromatic heterocycles. The zero-order valence-corrected chi connectivity index (χ0v) is 30.4. The lowest BCUT2D eigenvalue weighted by atomic mass is 9.77. The van der Waals surface area contributed by atoms with Crippen LogP contribution in [0.15, 0.2) is 72.8 Å². The second-order valence-electron chi connectivity index (χ2n) is 14.5. The standard InChI is InChI=1S/C38H49BN2O9/c1-36(2,3)48-35(45)41(8)31(23-25-15-18-28(42)19-16-25)33(43)40-30(34(44)47-24-26-13-11-10-12-14-26)22-27-17-20-32(46-9)29(21-27)39-49-37(4,5)38(6,7)50-39/h10-21,30-31,42H,22-24H2,1-9H3,(H,40,43). The quantitative estimate of drug-likeness (QED) is 0.200. The number of nitrogens with zero attached hydrogens (tertiary/aromatic N) is 1. The normalized spacial score (nSPS) is 16.2. The van der Waals surface area contributed by atoms with E-state index in [0.29, 0.717) is 22.3 Å². The van der Waals surface area contributed by atoms with Crippen molar-refractivity contribution in [3.8, 4) is 11.5 Å². The smallest absolute Gasteiger partial charge is 0.498 e. The van der Waals surface area contributed by atoms with E-state index in [4.69, 9.17) is 23.5 Å². The van der Waals surface area contributed by atoms with Gasteiger partial charge in [0.05, 0.1) is 18.3 Å². The van der Waals surface area contributed by atoms with Crippen LogP contribution in [0.25, 0.3) is 0 Å².